The summed E-state index contributed by atoms with van der Waals surface area (Å²) >= 11 is 0. The molecule has 11 heteroatoms. The molecule has 1 heterocycles. The summed E-state index contributed by atoms with van der Waals surface area (Å²) in [5.41, 5.74) is -2.36. The van der Waals surface area contributed by atoms with Crippen LogP contribution in [0.3, 0.4) is 0 Å². The van der Waals surface area contributed by atoms with Crippen molar-refractivity contribution in [1.29, 1.82) is 0 Å². The maximum atomic E-state index is 13.4. The number of carboxylic acid groups (broad SMARTS) is 1. The zero-order valence-electron chi connectivity index (χ0n) is 20.7. The standard InChI is InChI=1S/C26H27F6N3O2/c1-5-16(3)13-33-14-18(6-2)22(24(36)37)15-35-9-7-8-17(4)23(34-35)19-10-20(25(27,28)29)12-21(11-19)26(30,31)32/h6-7,9-15,17H,5,8H2,1-4H3,(H,36,37)/b16-13+,18-6+,22-15-,33-14+. The number of alkyl halides is 6. The van der Waals surface area contributed by atoms with Gasteiger partial charge in [0.05, 0.1) is 22.4 Å². The first-order valence-corrected chi connectivity index (χ1v) is 11.3. The molecule has 1 aromatic carbocycles. The second kappa shape index (κ2) is 12.1. The minimum atomic E-state index is -5.01. The largest absolute Gasteiger partial charge is 0.478 e. The van der Waals surface area contributed by atoms with Crippen LogP contribution in [0.5, 0.6) is 0 Å². The Kier molecular flexibility index (Phi) is 9.66. The van der Waals surface area contributed by atoms with E-state index in [9.17, 15) is 36.2 Å². The number of benzene rings is 1. The lowest BCUT2D eigenvalue weighted by Gasteiger charge is -2.19. The molecule has 0 saturated heterocycles. The second-order valence-electron chi connectivity index (χ2n) is 8.38. The van der Waals surface area contributed by atoms with Gasteiger partial charge in [0.2, 0.25) is 0 Å². The Morgan fingerprint density at radius 2 is 1.76 bits per heavy atom. The van der Waals surface area contributed by atoms with E-state index in [1.165, 1.54) is 18.5 Å². The molecule has 0 aromatic heterocycles. The van der Waals surface area contributed by atoms with Crippen LogP contribution in [-0.2, 0) is 17.1 Å². The van der Waals surface area contributed by atoms with Crippen LogP contribution in [0.1, 0.15) is 57.2 Å². The van der Waals surface area contributed by atoms with Gasteiger partial charge in [-0.1, -0.05) is 31.6 Å². The fourth-order valence-electron chi connectivity index (χ4n) is 3.28. The number of hydrazone groups is 1. The van der Waals surface area contributed by atoms with Crippen LogP contribution in [0.15, 0.2) is 75.8 Å². The van der Waals surface area contributed by atoms with Gasteiger partial charge in [-0.15, -0.1) is 0 Å². The van der Waals surface area contributed by atoms with Crippen molar-refractivity contribution >= 4 is 17.9 Å². The minimum absolute atomic E-state index is 0.0518. The van der Waals surface area contributed by atoms with Crippen LogP contribution >= 0.6 is 0 Å². The molecular formula is C26H27F6N3O2. The van der Waals surface area contributed by atoms with E-state index >= 15 is 0 Å². The molecule has 37 heavy (non-hydrogen) atoms. The number of nitrogens with zero attached hydrogens (tertiary/aromatic N) is 3. The van der Waals surface area contributed by atoms with Crippen molar-refractivity contribution in [2.75, 3.05) is 0 Å². The molecule has 0 bridgehead atoms. The molecule has 1 atom stereocenters. The van der Waals surface area contributed by atoms with E-state index in [-0.39, 0.29) is 34.9 Å². The molecule has 0 radical (unpaired) electrons. The summed E-state index contributed by atoms with van der Waals surface area (Å²) < 4.78 is 80.4. The molecule has 0 aliphatic carbocycles. The average Bonchev–Trinajstić information content (AvgIpc) is 3.00. The average molecular weight is 528 g/mol. The van der Waals surface area contributed by atoms with Gasteiger partial charge in [-0.05, 0) is 50.5 Å². The van der Waals surface area contributed by atoms with Crippen LogP contribution in [0.2, 0.25) is 0 Å². The van der Waals surface area contributed by atoms with Gasteiger partial charge in [-0.3, -0.25) is 4.99 Å². The van der Waals surface area contributed by atoms with Gasteiger partial charge in [0.25, 0.3) is 0 Å². The van der Waals surface area contributed by atoms with Gasteiger partial charge < -0.3 is 5.11 Å². The number of allylic oxidation sites excluding steroid dienone is 3. The number of carboxylic acids is 1. The van der Waals surface area contributed by atoms with Crippen molar-refractivity contribution in [3.8, 4) is 0 Å². The molecule has 1 unspecified atom stereocenters. The van der Waals surface area contributed by atoms with Crippen LogP contribution < -0.4 is 0 Å². The van der Waals surface area contributed by atoms with Crippen molar-refractivity contribution in [3.05, 3.63) is 82.4 Å². The Hall–Kier alpha value is -3.63. The lowest BCUT2D eigenvalue weighted by Crippen LogP contribution is -2.19. The topological polar surface area (TPSA) is 65.3 Å². The third kappa shape index (κ3) is 8.19. The molecule has 2 rings (SSSR count). The fourth-order valence-corrected chi connectivity index (χ4v) is 3.28. The van der Waals surface area contributed by atoms with E-state index in [2.05, 4.69) is 10.1 Å². The number of aliphatic imine (C=N–C) groups is 1. The van der Waals surface area contributed by atoms with Gasteiger partial charge >= 0.3 is 18.3 Å². The molecule has 0 spiro atoms. The normalized spacial score (nSPS) is 18.3. The molecule has 5 nitrogen and oxygen atoms in total. The first kappa shape index (κ1) is 29.6. The van der Waals surface area contributed by atoms with Crippen LogP contribution in [0, 0.1) is 5.92 Å². The highest BCUT2D eigenvalue weighted by Gasteiger charge is 2.37. The Labute approximate surface area is 210 Å². The number of hydrogen-bond donors (Lipinski definition) is 1. The van der Waals surface area contributed by atoms with Gasteiger partial charge in [-0.2, -0.15) is 31.4 Å². The van der Waals surface area contributed by atoms with E-state index < -0.39 is 35.4 Å². The first-order chi connectivity index (χ1) is 17.2. The third-order valence-electron chi connectivity index (χ3n) is 5.50. The summed E-state index contributed by atoms with van der Waals surface area (Å²) in [6.45, 7) is 7.00. The minimum Gasteiger partial charge on any atom is -0.478 e. The number of halogens is 6. The van der Waals surface area contributed by atoms with Gasteiger partial charge in [0.1, 0.15) is 0 Å². The molecule has 1 aliphatic heterocycles. The number of aliphatic carboxylic acids is 1. The van der Waals surface area contributed by atoms with Gasteiger partial charge in [0, 0.05) is 36.3 Å². The van der Waals surface area contributed by atoms with Crippen molar-refractivity contribution in [2.24, 2.45) is 16.0 Å². The summed E-state index contributed by atoms with van der Waals surface area (Å²) in [5, 5.41) is 15.1. The van der Waals surface area contributed by atoms with Crippen molar-refractivity contribution in [1.82, 2.24) is 5.01 Å². The quantitative estimate of drug-likeness (QED) is 0.172. The number of rotatable bonds is 7. The van der Waals surface area contributed by atoms with E-state index in [0.29, 0.717) is 12.1 Å². The predicted octanol–water partition coefficient (Wildman–Crippen LogP) is 7.58. The van der Waals surface area contributed by atoms with Gasteiger partial charge in [-0.25, -0.2) is 9.80 Å². The summed E-state index contributed by atoms with van der Waals surface area (Å²) in [5.74, 6) is -1.88. The van der Waals surface area contributed by atoms with Crippen LogP contribution in [0.25, 0.3) is 0 Å². The lowest BCUT2D eigenvalue weighted by molar-refractivity contribution is -0.143. The van der Waals surface area contributed by atoms with E-state index in [1.54, 1.807) is 26.1 Å². The zero-order valence-corrected chi connectivity index (χ0v) is 20.7. The first-order valence-electron chi connectivity index (χ1n) is 11.3. The van der Waals surface area contributed by atoms with Crippen LogP contribution in [-0.4, -0.2) is 28.0 Å². The van der Waals surface area contributed by atoms with E-state index in [0.717, 1.165) is 23.2 Å². The molecule has 0 amide bonds. The SMILES string of the molecule is C/C=C(\C=N\C=C(/C)CC)C(=C/N1C=CCC(C)C(c2cc(C(F)(F)F)cc(C(F)(F)F)c2)=N1)/C(=O)O. The molecule has 0 saturated carbocycles. The number of hydrogen-bond acceptors (Lipinski definition) is 4. The van der Waals surface area contributed by atoms with Gasteiger partial charge in [0.15, 0.2) is 0 Å². The van der Waals surface area contributed by atoms with Crippen LogP contribution in [0.4, 0.5) is 26.3 Å². The Morgan fingerprint density at radius 3 is 2.24 bits per heavy atom. The molecule has 200 valence electrons. The Morgan fingerprint density at radius 1 is 1.16 bits per heavy atom. The lowest BCUT2D eigenvalue weighted by atomic mass is 9.93. The summed E-state index contributed by atoms with van der Waals surface area (Å²) in [6.07, 6.45) is -0.445. The molecule has 0 fully saturated rings. The Bertz CT molecular complexity index is 1160. The Balaban J connectivity index is 2.64. The monoisotopic (exact) mass is 527 g/mol. The highest BCUT2D eigenvalue weighted by molar-refractivity contribution is 6.03. The van der Waals surface area contributed by atoms with E-state index in [4.69, 9.17) is 0 Å². The molecule has 1 N–H and O–H groups in total. The van der Waals surface area contributed by atoms with Crippen molar-refractivity contribution < 1.29 is 36.2 Å². The van der Waals surface area contributed by atoms with Crippen molar-refractivity contribution in [2.45, 2.75) is 52.9 Å². The molecular weight excluding hydrogens is 500 g/mol. The predicted molar refractivity (Wildman–Crippen MR) is 130 cm³/mol. The molecule has 1 aliphatic rings. The van der Waals surface area contributed by atoms with Crippen molar-refractivity contribution in [3.63, 3.8) is 0 Å². The second-order valence-corrected chi connectivity index (χ2v) is 8.38. The summed E-state index contributed by atoms with van der Waals surface area (Å²) in [7, 11) is 0. The maximum Gasteiger partial charge on any atom is 0.416 e. The third-order valence-corrected chi connectivity index (χ3v) is 5.50. The highest BCUT2D eigenvalue weighted by atomic mass is 19.4. The summed E-state index contributed by atoms with van der Waals surface area (Å²) in [6, 6.07) is 1.28. The number of carbonyl (C=O) groups is 1. The molecule has 1 aromatic rings. The highest BCUT2D eigenvalue weighted by Crippen LogP contribution is 2.37. The fraction of sp³-hybridized carbons (Fsp3) is 0.346. The maximum absolute atomic E-state index is 13.4. The zero-order chi connectivity index (χ0) is 28.0. The summed E-state index contributed by atoms with van der Waals surface area (Å²) in [4.78, 5) is 16.1. The van der Waals surface area contributed by atoms with E-state index in [1.807, 2.05) is 13.8 Å². The smallest absolute Gasteiger partial charge is 0.416 e.